The van der Waals surface area contributed by atoms with Crippen LogP contribution < -0.4 is 16.6 Å². The molecule has 0 unspecified atom stereocenters. The molecule has 148 valence electrons. The third kappa shape index (κ3) is 3.92. The Kier molecular flexibility index (Phi) is 5.17. The van der Waals surface area contributed by atoms with Gasteiger partial charge in [-0.15, -0.1) is 0 Å². The number of aromatic nitrogens is 4. The SMILES string of the molecule is Cc1cc2nc3c(=O)[nH]c(=O)nc-3n(CCNCc3cccc(Cl)c3)c2cc1C. The van der Waals surface area contributed by atoms with Crippen LogP contribution in [0.25, 0.3) is 22.6 Å². The summed E-state index contributed by atoms with van der Waals surface area (Å²) in [5.41, 5.74) is 3.76. The number of rotatable bonds is 5. The molecule has 2 heterocycles. The van der Waals surface area contributed by atoms with E-state index in [4.69, 9.17) is 11.6 Å². The highest BCUT2D eigenvalue weighted by Gasteiger charge is 2.18. The van der Waals surface area contributed by atoms with Gasteiger partial charge in [0.2, 0.25) is 0 Å². The van der Waals surface area contributed by atoms with Gasteiger partial charge in [0.1, 0.15) is 0 Å². The van der Waals surface area contributed by atoms with Gasteiger partial charge in [0.25, 0.3) is 5.56 Å². The molecule has 2 N–H and O–H groups in total. The Hall–Kier alpha value is -3.03. The van der Waals surface area contributed by atoms with Crippen LogP contribution in [-0.2, 0) is 13.1 Å². The van der Waals surface area contributed by atoms with E-state index in [-0.39, 0.29) is 5.69 Å². The van der Waals surface area contributed by atoms with E-state index >= 15 is 0 Å². The average Bonchev–Trinajstić information content (AvgIpc) is 2.66. The maximum Gasteiger partial charge on any atom is 0.349 e. The maximum absolute atomic E-state index is 12.3. The van der Waals surface area contributed by atoms with Crippen molar-refractivity contribution < 1.29 is 0 Å². The number of hydrogen-bond donors (Lipinski definition) is 2. The number of hydrogen-bond acceptors (Lipinski definition) is 5. The number of halogens is 1. The first-order valence-corrected chi connectivity index (χ1v) is 9.67. The van der Waals surface area contributed by atoms with Crippen LogP contribution in [0.15, 0.2) is 46.0 Å². The monoisotopic (exact) mass is 409 g/mol. The molecule has 0 atom stereocenters. The molecule has 0 saturated heterocycles. The van der Waals surface area contributed by atoms with Crippen LogP contribution in [0.3, 0.4) is 0 Å². The van der Waals surface area contributed by atoms with E-state index < -0.39 is 11.2 Å². The van der Waals surface area contributed by atoms with Crippen molar-refractivity contribution in [1.29, 1.82) is 0 Å². The van der Waals surface area contributed by atoms with Gasteiger partial charge < -0.3 is 9.88 Å². The Labute approximate surface area is 171 Å². The summed E-state index contributed by atoms with van der Waals surface area (Å²) in [7, 11) is 0. The fraction of sp³-hybridized carbons (Fsp3) is 0.238. The molecule has 2 aromatic carbocycles. The highest BCUT2D eigenvalue weighted by molar-refractivity contribution is 6.30. The van der Waals surface area contributed by atoms with Gasteiger partial charge in [0, 0.05) is 24.7 Å². The smallest absolute Gasteiger partial charge is 0.321 e. The summed E-state index contributed by atoms with van der Waals surface area (Å²) >= 11 is 6.03. The highest BCUT2D eigenvalue weighted by Crippen LogP contribution is 2.23. The molecule has 4 rings (SSSR count). The predicted octanol–water partition coefficient (Wildman–Crippen LogP) is 2.64. The third-order valence-corrected chi connectivity index (χ3v) is 5.19. The van der Waals surface area contributed by atoms with E-state index in [0.29, 0.717) is 36.0 Å². The normalized spacial score (nSPS) is 11.4. The Morgan fingerprint density at radius 1 is 1.10 bits per heavy atom. The van der Waals surface area contributed by atoms with Crippen LogP contribution in [-0.4, -0.2) is 26.1 Å². The minimum Gasteiger partial charge on any atom is -0.321 e. The van der Waals surface area contributed by atoms with Gasteiger partial charge in [-0.05, 0) is 54.8 Å². The molecule has 2 aliphatic rings. The van der Waals surface area contributed by atoms with Crippen LogP contribution in [0.4, 0.5) is 0 Å². The zero-order valence-electron chi connectivity index (χ0n) is 16.1. The molecule has 0 aliphatic carbocycles. The van der Waals surface area contributed by atoms with E-state index in [1.54, 1.807) is 0 Å². The van der Waals surface area contributed by atoms with Crippen LogP contribution in [0.5, 0.6) is 0 Å². The highest BCUT2D eigenvalue weighted by atomic mass is 35.5. The second kappa shape index (κ2) is 7.77. The molecule has 0 radical (unpaired) electrons. The lowest BCUT2D eigenvalue weighted by atomic mass is 10.1. The lowest BCUT2D eigenvalue weighted by Gasteiger charge is -2.18. The summed E-state index contributed by atoms with van der Waals surface area (Å²) in [5, 5.41) is 4.07. The first-order valence-electron chi connectivity index (χ1n) is 9.29. The van der Waals surface area contributed by atoms with E-state index in [1.165, 1.54) is 0 Å². The van der Waals surface area contributed by atoms with Crippen molar-refractivity contribution in [3.8, 4) is 11.5 Å². The standard InChI is InChI=1S/C21H20ClN5O2/c1-12-8-16-17(9-13(12)2)27(19-18(24-16)20(28)26-21(29)25-19)7-6-23-11-14-4-3-5-15(22)10-14/h3-5,8-10,23H,6-7,11H2,1-2H3,(H,26,28,29). The molecule has 0 aromatic heterocycles. The number of aromatic amines is 1. The number of aryl methyl sites for hydroxylation is 2. The van der Waals surface area contributed by atoms with Gasteiger partial charge in [-0.1, -0.05) is 23.7 Å². The zero-order valence-corrected chi connectivity index (χ0v) is 16.9. The zero-order chi connectivity index (χ0) is 20.5. The first kappa shape index (κ1) is 19.3. The van der Waals surface area contributed by atoms with Crippen LogP contribution in [0.1, 0.15) is 16.7 Å². The largest absolute Gasteiger partial charge is 0.349 e. The molecule has 0 amide bonds. The summed E-state index contributed by atoms with van der Waals surface area (Å²) < 4.78 is 1.88. The Morgan fingerprint density at radius 2 is 1.90 bits per heavy atom. The summed E-state index contributed by atoms with van der Waals surface area (Å²) in [6, 6.07) is 11.6. The fourth-order valence-corrected chi connectivity index (χ4v) is 3.56. The van der Waals surface area contributed by atoms with E-state index in [2.05, 4.69) is 20.3 Å². The summed E-state index contributed by atoms with van der Waals surface area (Å²) in [5.74, 6) is 0.291. The second-order valence-corrected chi connectivity index (χ2v) is 7.48. The van der Waals surface area contributed by atoms with Gasteiger partial charge >= 0.3 is 5.69 Å². The van der Waals surface area contributed by atoms with Gasteiger partial charge in [0.15, 0.2) is 11.5 Å². The molecule has 2 aliphatic heterocycles. The molecule has 2 aromatic rings. The Morgan fingerprint density at radius 3 is 2.69 bits per heavy atom. The number of nitrogens with one attached hydrogen (secondary N) is 2. The summed E-state index contributed by atoms with van der Waals surface area (Å²) in [6.45, 7) is 5.81. The van der Waals surface area contributed by atoms with Crippen molar-refractivity contribution in [3.05, 3.63) is 78.9 Å². The topological polar surface area (TPSA) is 92.7 Å². The number of nitrogens with zero attached hydrogens (tertiary/aromatic N) is 3. The Bertz CT molecular complexity index is 1290. The minimum absolute atomic E-state index is 0.162. The van der Waals surface area contributed by atoms with Crippen LogP contribution >= 0.6 is 11.6 Å². The molecule has 29 heavy (non-hydrogen) atoms. The molecule has 0 spiro atoms. The fourth-order valence-electron chi connectivity index (χ4n) is 3.35. The molecule has 0 bridgehead atoms. The minimum atomic E-state index is -0.673. The molecular formula is C21H20ClN5O2. The first-order chi connectivity index (χ1) is 13.9. The van der Waals surface area contributed by atoms with Crippen molar-refractivity contribution in [3.63, 3.8) is 0 Å². The average molecular weight is 410 g/mol. The summed E-state index contributed by atoms with van der Waals surface area (Å²) in [6.07, 6.45) is 0. The van der Waals surface area contributed by atoms with Crippen molar-refractivity contribution in [1.82, 2.24) is 24.8 Å². The summed E-state index contributed by atoms with van der Waals surface area (Å²) in [4.78, 5) is 34.8. The Balaban J connectivity index is 1.71. The lowest BCUT2D eigenvalue weighted by molar-refractivity contribution is 0.603. The second-order valence-electron chi connectivity index (χ2n) is 7.04. The molecule has 8 heteroatoms. The third-order valence-electron chi connectivity index (χ3n) is 4.95. The van der Waals surface area contributed by atoms with E-state index in [0.717, 1.165) is 22.2 Å². The van der Waals surface area contributed by atoms with Gasteiger partial charge in [0.05, 0.1) is 11.0 Å². The van der Waals surface area contributed by atoms with Gasteiger partial charge in [-0.3, -0.25) is 9.78 Å². The van der Waals surface area contributed by atoms with Crippen LogP contribution in [0, 0.1) is 13.8 Å². The molecule has 0 fully saturated rings. The number of fused-ring (bicyclic) bond motifs is 2. The molecule has 0 saturated carbocycles. The van der Waals surface area contributed by atoms with Gasteiger partial charge in [-0.25, -0.2) is 9.78 Å². The number of benzene rings is 2. The van der Waals surface area contributed by atoms with Crippen molar-refractivity contribution in [2.75, 3.05) is 6.54 Å². The van der Waals surface area contributed by atoms with Crippen molar-refractivity contribution >= 4 is 22.6 Å². The number of H-pyrrole nitrogens is 1. The van der Waals surface area contributed by atoms with Crippen molar-refractivity contribution in [2.24, 2.45) is 0 Å². The van der Waals surface area contributed by atoms with E-state index in [1.807, 2.05) is 54.8 Å². The quantitative estimate of drug-likeness (QED) is 0.390. The molecular weight excluding hydrogens is 390 g/mol. The lowest BCUT2D eigenvalue weighted by Crippen LogP contribution is -2.30. The van der Waals surface area contributed by atoms with Crippen LogP contribution in [0.2, 0.25) is 5.02 Å². The van der Waals surface area contributed by atoms with Crippen molar-refractivity contribution in [2.45, 2.75) is 26.9 Å². The molecule has 7 nitrogen and oxygen atoms in total. The van der Waals surface area contributed by atoms with Gasteiger partial charge in [-0.2, -0.15) is 4.98 Å². The van der Waals surface area contributed by atoms with E-state index in [9.17, 15) is 9.59 Å². The predicted molar refractivity (Wildman–Crippen MR) is 114 cm³/mol. The maximum atomic E-state index is 12.3.